The minimum absolute atomic E-state index is 0.00187. The number of hydrogen-bond acceptors (Lipinski definition) is 5. The molecule has 1 amide bonds. The number of rotatable bonds is 6. The minimum atomic E-state index is -4.89. The van der Waals surface area contributed by atoms with E-state index in [2.05, 4.69) is 14.8 Å². The molecule has 3 aromatic rings. The molecule has 0 radical (unpaired) electrons. The van der Waals surface area contributed by atoms with Crippen LogP contribution in [0, 0.1) is 0 Å². The summed E-state index contributed by atoms with van der Waals surface area (Å²) >= 11 is 0. The minimum Gasteiger partial charge on any atom is -0.406 e. The summed E-state index contributed by atoms with van der Waals surface area (Å²) < 4.78 is 78.9. The molecule has 0 aliphatic rings. The monoisotopic (exact) mass is 472 g/mol. The molecule has 0 atom stereocenters. The average Bonchev–Trinajstić information content (AvgIpc) is 2.73. The number of aromatic nitrogens is 3. The first kappa shape index (κ1) is 23.8. The molecule has 3 rings (SSSR count). The van der Waals surface area contributed by atoms with Gasteiger partial charge in [-0.3, -0.25) is 14.6 Å². The van der Waals surface area contributed by atoms with Crippen LogP contribution in [0.3, 0.4) is 0 Å². The van der Waals surface area contributed by atoms with Crippen molar-refractivity contribution in [1.82, 2.24) is 20.1 Å². The molecular formula is C20H14F6N4O3. The Bertz CT molecular complexity index is 1180. The summed E-state index contributed by atoms with van der Waals surface area (Å²) in [6.45, 7) is -0.754. The van der Waals surface area contributed by atoms with Gasteiger partial charge in [-0.25, -0.2) is 0 Å². The number of carbonyl (C=O) groups is 1. The maximum Gasteiger partial charge on any atom is 0.573 e. The zero-order valence-corrected chi connectivity index (χ0v) is 16.4. The van der Waals surface area contributed by atoms with E-state index in [0.29, 0.717) is 0 Å². The fraction of sp³-hybridized carbons (Fsp3) is 0.200. The summed E-state index contributed by atoms with van der Waals surface area (Å²) in [4.78, 5) is 29.1. The van der Waals surface area contributed by atoms with Gasteiger partial charge >= 0.3 is 12.5 Å². The van der Waals surface area contributed by atoms with Gasteiger partial charge in [0, 0.05) is 18.3 Å². The summed E-state index contributed by atoms with van der Waals surface area (Å²) in [6.07, 6.45) is -8.01. The topological polar surface area (TPSA) is 86.1 Å². The number of amides is 1. The molecule has 0 aliphatic carbocycles. The molecule has 2 heterocycles. The van der Waals surface area contributed by atoms with Gasteiger partial charge in [0.1, 0.15) is 11.3 Å². The Kier molecular flexibility index (Phi) is 6.70. The lowest BCUT2D eigenvalue weighted by molar-refractivity contribution is -0.274. The Hall–Kier alpha value is -3.90. The maximum atomic E-state index is 12.8. The molecule has 2 aromatic heterocycles. The molecule has 13 heteroatoms. The van der Waals surface area contributed by atoms with Crippen molar-refractivity contribution >= 4 is 5.91 Å². The second-order valence-corrected chi connectivity index (χ2v) is 6.56. The molecule has 7 nitrogen and oxygen atoms in total. The molecule has 0 spiro atoms. The van der Waals surface area contributed by atoms with Crippen LogP contribution >= 0.6 is 0 Å². The van der Waals surface area contributed by atoms with E-state index in [9.17, 15) is 35.9 Å². The molecule has 0 bridgehead atoms. The highest BCUT2D eigenvalue weighted by molar-refractivity contribution is 5.94. The lowest BCUT2D eigenvalue weighted by Gasteiger charge is -2.12. The third-order valence-corrected chi connectivity index (χ3v) is 4.12. The number of hydrogen-bond donors (Lipinski definition) is 1. The summed E-state index contributed by atoms with van der Waals surface area (Å²) in [6, 6.07) is 8.43. The largest absolute Gasteiger partial charge is 0.573 e. The van der Waals surface area contributed by atoms with Crippen LogP contribution in [-0.2, 0) is 0 Å². The van der Waals surface area contributed by atoms with Crippen molar-refractivity contribution in [2.75, 3.05) is 6.54 Å². The van der Waals surface area contributed by atoms with Crippen LogP contribution in [0.1, 0.15) is 16.8 Å². The van der Waals surface area contributed by atoms with Gasteiger partial charge < -0.3 is 10.1 Å². The van der Waals surface area contributed by atoms with Crippen molar-refractivity contribution in [3.8, 4) is 22.7 Å². The zero-order chi connectivity index (χ0) is 24.2. The smallest absolute Gasteiger partial charge is 0.406 e. The van der Waals surface area contributed by atoms with Crippen LogP contribution in [0.2, 0.25) is 0 Å². The van der Waals surface area contributed by atoms with Gasteiger partial charge in [0.2, 0.25) is 0 Å². The van der Waals surface area contributed by atoms with Gasteiger partial charge in [-0.05, 0) is 42.5 Å². The van der Waals surface area contributed by atoms with E-state index in [1.165, 1.54) is 36.7 Å². The van der Waals surface area contributed by atoms with E-state index < -0.39 is 48.3 Å². The molecule has 0 aliphatic heterocycles. The van der Waals surface area contributed by atoms with Gasteiger partial charge in [-0.2, -0.15) is 23.0 Å². The van der Waals surface area contributed by atoms with Crippen LogP contribution in [0.25, 0.3) is 16.9 Å². The maximum absolute atomic E-state index is 12.8. The number of benzene rings is 1. The number of nitrogens with one attached hydrogen (secondary N) is 1. The third kappa shape index (κ3) is 6.54. The molecule has 1 aromatic carbocycles. The second-order valence-electron chi connectivity index (χ2n) is 6.56. The number of ether oxygens (including phenoxy) is 1. The van der Waals surface area contributed by atoms with Crippen LogP contribution in [0.5, 0.6) is 5.75 Å². The van der Waals surface area contributed by atoms with E-state index in [0.717, 1.165) is 22.9 Å². The highest BCUT2D eigenvalue weighted by Gasteiger charge is 2.31. The van der Waals surface area contributed by atoms with Gasteiger partial charge in [0.25, 0.3) is 11.5 Å². The normalized spacial score (nSPS) is 11.8. The van der Waals surface area contributed by atoms with E-state index in [1.807, 2.05) is 5.32 Å². The number of pyridine rings is 1. The van der Waals surface area contributed by atoms with Gasteiger partial charge in [-0.15, -0.1) is 13.2 Å². The van der Waals surface area contributed by atoms with Crippen molar-refractivity contribution < 1.29 is 35.9 Å². The van der Waals surface area contributed by atoms with Crippen molar-refractivity contribution in [2.45, 2.75) is 19.0 Å². The number of halogens is 6. The molecule has 0 saturated carbocycles. The number of carbonyl (C=O) groups excluding carboxylic acids is 1. The average molecular weight is 472 g/mol. The summed E-state index contributed by atoms with van der Waals surface area (Å²) in [5.74, 6) is -1.57. The Balaban J connectivity index is 2.01. The zero-order valence-electron chi connectivity index (χ0n) is 16.4. The van der Waals surface area contributed by atoms with Crippen LogP contribution in [0.4, 0.5) is 26.3 Å². The Morgan fingerprint density at radius 3 is 2.33 bits per heavy atom. The fourth-order valence-corrected chi connectivity index (χ4v) is 2.69. The standard InChI is InChI=1S/C20H14F6N4O3/c21-19(22,23)7-9-28-17(31)15-10-16(12-3-5-14(6-4-12)33-20(24,25)26)29-30(18(15)32)13-2-1-8-27-11-13/h1-6,8,10-11H,7,9H2,(H,28,31). The number of nitrogens with zero attached hydrogens (tertiary/aromatic N) is 3. The third-order valence-electron chi connectivity index (χ3n) is 4.12. The van der Waals surface area contributed by atoms with Crippen molar-refractivity contribution in [1.29, 1.82) is 0 Å². The van der Waals surface area contributed by atoms with E-state index in [4.69, 9.17) is 0 Å². The van der Waals surface area contributed by atoms with Gasteiger partial charge in [-0.1, -0.05) is 0 Å². The molecule has 33 heavy (non-hydrogen) atoms. The van der Waals surface area contributed by atoms with Crippen LogP contribution in [0.15, 0.2) is 59.7 Å². The Labute approximate surface area is 181 Å². The highest BCUT2D eigenvalue weighted by atomic mass is 19.4. The van der Waals surface area contributed by atoms with Crippen molar-refractivity contribution in [2.24, 2.45) is 0 Å². The van der Waals surface area contributed by atoms with Gasteiger partial charge in [0.15, 0.2) is 0 Å². The van der Waals surface area contributed by atoms with Gasteiger partial charge in [0.05, 0.1) is 24.0 Å². The van der Waals surface area contributed by atoms with Crippen LogP contribution < -0.4 is 15.6 Å². The molecule has 174 valence electrons. The first-order valence-electron chi connectivity index (χ1n) is 9.19. The van der Waals surface area contributed by atoms with E-state index in [1.54, 1.807) is 0 Å². The molecule has 0 fully saturated rings. The van der Waals surface area contributed by atoms with E-state index >= 15 is 0 Å². The molecular weight excluding hydrogens is 458 g/mol. The fourth-order valence-electron chi connectivity index (χ4n) is 2.69. The quantitative estimate of drug-likeness (QED) is 0.551. The lowest BCUT2D eigenvalue weighted by Crippen LogP contribution is -2.35. The molecule has 0 unspecified atom stereocenters. The summed E-state index contributed by atoms with van der Waals surface area (Å²) in [7, 11) is 0. The Morgan fingerprint density at radius 1 is 1.06 bits per heavy atom. The first-order valence-corrected chi connectivity index (χ1v) is 9.19. The van der Waals surface area contributed by atoms with Crippen molar-refractivity contribution in [3.05, 3.63) is 70.8 Å². The van der Waals surface area contributed by atoms with Crippen LogP contribution in [-0.4, -0.2) is 39.8 Å². The molecule has 1 N–H and O–H groups in total. The predicted molar refractivity (Wildman–Crippen MR) is 103 cm³/mol. The predicted octanol–water partition coefficient (Wildman–Crippen LogP) is 3.88. The summed E-state index contributed by atoms with van der Waals surface area (Å²) in [5, 5.41) is 6.15. The second kappa shape index (κ2) is 9.30. The highest BCUT2D eigenvalue weighted by Crippen LogP contribution is 2.26. The number of alkyl halides is 6. The van der Waals surface area contributed by atoms with Crippen molar-refractivity contribution in [3.63, 3.8) is 0 Å². The SMILES string of the molecule is O=C(NCCC(F)(F)F)c1cc(-c2ccc(OC(F)(F)F)cc2)nn(-c2cccnc2)c1=O. The van der Waals surface area contributed by atoms with E-state index in [-0.39, 0.29) is 16.9 Å². The first-order chi connectivity index (χ1) is 15.4. The summed E-state index contributed by atoms with van der Waals surface area (Å²) in [5.41, 5.74) is -1.06. The Morgan fingerprint density at radius 2 is 1.76 bits per heavy atom. The molecule has 0 saturated heterocycles. The lowest BCUT2D eigenvalue weighted by atomic mass is 10.1.